The molecule has 8 heteroatoms. The highest BCUT2D eigenvalue weighted by Crippen LogP contribution is 2.22. The number of aromatic nitrogens is 2. The van der Waals surface area contributed by atoms with Gasteiger partial charge in [0.05, 0.1) is 6.10 Å². The molecule has 0 aliphatic carbocycles. The van der Waals surface area contributed by atoms with Gasteiger partial charge in [0.1, 0.15) is 18.7 Å². The zero-order chi connectivity index (χ0) is 14.5. The standard InChI is InChI=1S/C11H15BrF3N3O/c1-8(2)19-10-5-9(16-7-17-10)18(4-3-12)6-11(13,14)15/h5,7-8H,3-4,6H2,1-2H3. The summed E-state index contributed by atoms with van der Waals surface area (Å²) in [6.45, 7) is 2.76. The molecule has 0 aromatic carbocycles. The number of ether oxygens (including phenoxy) is 1. The van der Waals surface area contributed by atoms with Crippen LogP contribution in [0.25, 0.3) is 0 Å². The highest BCUT2D eigenvalue weighted by atomic mass is 79.9. The third-order valence-electron chi connectivity index (χ3n) is 2.03. The highest BCUT2D eigenvalue weighted by Gasteiger charge is 2.31. The van der Waals surface area contributed by atoms with E-state index >= 15 is 0 Å². The number of hydrogen-bond acceptors (Lipinski definition) is 4. The summed E-state index contributed by atoms with van der Waals surface area (Å²) >= 11 is 3.13. The smallest absolute Gasteiger partial charge is 0.405 e. The van der Waals surface area contributed by atoms with Crippen molar-refractivity contribution in [3.05, 3.63) is 12.4 Å². The maximum atomic E-state index is 12.5. The summed E-state index contributed by atoms with van der Waals surface area (Å²) < 4.78 is 42.8. The Morgan fingerprint density at radius 1 is 1.37 bits per heavy atom. The van der Waals surface area contributed by atoms with Crippen LogP contribution in [0.2, 0.25) is 0 Å². The average Bonchev–Trinajstić information content (AvgIpc) is 2.26. The minimum atomic E-state index is -4.29. The van der Waals surface area contributed by atoms with Gasteiger partial charge in [-0.1, -0.05) is 15.9 Å². The Kier molecular flexibility index (Phi) is 5.84. The van der Waals surface area contributed by atoms with Crippen molar-refractivity contribution in [2.45, 2.75) is 26.1 Å². The van der Waals surface area contributed by atoms with Crippen molar-refractivity contribution in [3.8, 4) is 5.88 Å². The predicted octanol–water partition coefficient (Wildman–Crippen LogP) is 3.03. The number of nitrogens with zero attached hydrogens (tertiary/aromatic N) is 3. The van der Waals surface area contributed by atoms with Crippen LogP contribution >= 0.6 is 15.9 Å². The summed E-state index contributed by atoms with van der Waals surface area (Å²) in [5.74, 6) is 0.462. The van der Waals surface area contributed by atoms with Crippen LogP contribution in [0, 0.1) is 0 Å². The second kappa shape index (κ2) is 6.93. The van der Waals surface area contributed by atoms with Crippen LogP contribution < -0.4 is 9.64 Å². The van der Waals surface area contributed by atoms with Crippen molar-refractivity contribution in [2.75, 3.05) is 23.3 Å². The SMILES string of the molecule is CC(C)Oc1cc(N(CCBr)CC(F)(F)F)ncn1. The van der Waals surface area contributed by atoms with Gasteiger partial charge in [-0.15, -0.1) is 0 Å². The molecule has 1 aromatic rings. The number of alkyl halides is 4. The summed E-state index contributed by atoms with van der Waals surface area (Å²) in [7, 11) is 0. The first-order chi connectivity index (χ1) is 8.81. The molecule has 4 nitrogen and oxygen atoms in total. The molecule has 0 amide bonds. The van der Waals surface area contributed by atoms with Crippen LogP contribution in [-0.2, 0) is 0 Å². The van der Waals surface area contributed by atoms with Crippen molar-refractivity contribution in [3.63, 3.8) is 0 Å². The van der Waals surface area contributed by atoms with Gasteiger partial charge in [-0.3, -0.25) is 0 Å². The van der Waals surface area contributed by atoms with Gasteiger partial charge in [0, 0.05) is 17.9 Å². The molecule has 0 fully saturated rings. The van der Waals surface area contributed by atoms with Gasteiger partial charge in [0.25, 0.3) is 0 Å². The zero-order valence-electron chi connectivity index (χ0n) is 10.6. The van der Waals surface area contributed by atoms with Crippen LogP contribution in [0.3, 0.4) is 0 Å². The molecule has 0 aliphatic rings. The highest BCUT2D eigenvalue weighted by molar-refractivity contribution is 9.09. The Bertz CT molecular complexity index is 401. The first-order valence-corrected chi connectivity index (χ1v) is 6.80. The van der Waals surface area contributed by atoms with E-state index in [4.69, 9.17) is 4.74 Å². The molecule has 0 bridgehead atoms. The Hall–Kier alpha value is -1.05. The lowest BCUT2D eigenvalue weighted by molar-refractivity contribution is -0.119. The fourth-order valence-electron chi connectivity index (χ4n) is 1.40. The fourth-order valence-corrected chi connectivity index (χ4v) is 1.83. The van der Waals surface area contributed by atoms with Crippen molar-refractivity contribution >= 4 is 21.7 Å². The monoisotopic (exact) mass is 341 g/mol. The van der Waals surface area contributed by atoms with E-state index in [1.165, 1.54) is 12.4 Å². The van der Waals surface area contributed by atoms with Crippen molar-refractivity contribution in [1.82, 2.24) is 9.97 Å². The molecular formula is C11H15BrF3N3O. The first-order valence-electron chi connectivity index (χ1n) is 5.68. The molecule has 108 valence electrons. The molecule has 0 N–H and O–H groups in total. The maximum absolute atomic E-state index is 12.5. The molecule has 1 heterocycles. The molecule has 0 spiro atoms. The number of halogens is 4. The molecule has 0 atom stereocenters. The molecule has 0 aliphatic heterocycles. The van der Waals surface area contributed by atoms with Crippen LogP contribution in [0.1, 0.15) is 13.8 Å². The van der Waals surface area contributed by atoms with Gasteiger partial charge in [0.2, 0.25) is 5.88 Å². The Morgan fingerprint density at radius 3 is 2.58 bits per heavy atom. The molecule has 19 heavy (non-hydrogen) atoms. The Balaban J connectivity index is 2.89. The van der Waals surface area contributed by atoms with E-state index in [2.05, 4.69) is 25.9 Å². The molecule has 0 saturated heterocycles. The Morgan fingerprint density at radius 2 is 2.05 bits per heavy atom. The summed E-state index contributed by atoms with van der Waals surface area (Å²) in [5.41, 5.74) is 0. The number of hydrogen-bond donors (Lipinski definition) is 0. The lowest BCUT2D eigenvalue weighted by atomic mass is 10.4. The molecular weight excluding hydrogens is 327 g/mol. The van der Waals surface area contributed by atoms with Crippen LogP contribution in [0.4, 0.5) is 19.0 Å². The van der Waals surface area contributed by atoms with Crippen LogP contribution in [-0.4, -0.2) is 40.7 Å². The van der Waals surface area contributed by atoms with Crippen LogP contribution in [0.5, 0.6) is 5.88 Å². The van der Waals surface area contributed by atoms with Crippen LogP contribution in [0.15, 0.2) is 12.4 Å². The van der Waals surface area contributed by atoms with Gasteiger partial charge in [-0.25, -0.2) is 9.97 Å². The van der Waals surface area contributed by atoms with Gasteiger partial charge in [-0.05, 0) is 13.8 Å². The number of rotatable bonds is 6. The van der Waals surface area contributed by atoms with E-state index in [9.17, 15) is 13.2 Å². The summed E-state index contributed by atoms with van der Waals surface area (Å²) in [6, 6.07) is 1.41. The second-order valence-corrected chi connectivity index (χ2v) is 4.90. The topological polar surface area (TPSA) is 38.2 Å². The summed E-state index contributed by atoms with van der Waals surface area (Å²) in [4.78, 5) is 8.86. The van der Waals surface area contributed by atoms with E-state index in [-0.39, 0.29) is 24.3 Å². The first kappa shape index (κ1) is 16.0. The third kappa shape index (κ3) is 6.09. The minimum Gasteiger partial charge on any atom is -0.475 e. The zero-order valence-corrected chi connectivity index (χ0v) is 12.2. The molecule has 1 aromatic heterocycles. The van der Waals surface area contributed by atoms with Crippen molar-refractivity contribution < 1.29 is 17.9 Å². The van der Waals surface area contributed by atoms with E-state index in [1.54, 1.807) is 0 Å². The normalized spacial score (nSPS) is 11.7. The molecule has 0 unspecified atom stereocenters. The minimum absolute atomic E-state index is 0.102. The summed E-state index contributed by atoms with van der Waals surface area (Å²) in [5, 5.41) is 0.410. The van der Waals surface area contributed by atoms with E-state index in [0.29, 0.717) is 5.33 Å². The average molecular weight is 342 g/mol. The third-order valence-corrected chi connectivity index (χ3v) is 2.39. The second-order valence-electron chi connectivity index (χ2n) is 4.11. The van der Waals surface area contributed by atoms with Gasteiger partial charge < -0.3 is 9.64 Å². The quantitative estimate of drug-likeness (QED) is 0.745. The van der Waals surface area contributed by atoms with Crippen molar-refractivity contribution in [1.29, 1.82) is 0 Å². The largest absolute Gasteiger partial charge is 0.475 e. The molecule has 0 saturated carbocycles. The maximum Gasteiger partial charge on any atom is 0.405 e. The summed E-state index contributed by atoms with van der Waals surface area (Å²) in [6.07, 6.45) is -3.19. The van der Waals surface area contributed by atoms with Gasteiger partial charge in [-0.2, -0.15) is 13.2 Å². The van der Waals surface area contributed by atoms with Crippen molar-refractivity contribution in [2.24, 2.45) is 0 Å². The predicted molar refractivity (Wildman–Crippen MR) is 69.9 cm³/mol. The van der Waals surface area contributed by atoms with Gasteiger partial charge >= 0.3 is 6.18 Å². The lowest BCUT2D eigenvalue weighted by Crippen LogP contribution is -2.36. The van der Waals surface area contributed by atoms with Gasteiger partial charge in [0.15, 0.2) is 0 Å². The number of anilines is 1. The van der Waals surface area contributed by atoms with E-state index in [0.717, 1.165) is 4.90 Å². The molecule has 1 rings (SSSR count). The Labute approximate surface area is 118 Å². The fraction of sp³-hybridized carbons (Fsp3) is 0.636. The lowest BCUT2D eigenvalue weighted by Gasteiger charge is -2.24. The molecule has 0 radical (unpaired) electrons. The van der Waals surface area contributed by atoms with E-state index in [1.807, 2.05) is 13.8 Å². The van der Waals surface area contributed by atoms with E-state index < -0.39 is 12.7 Å².